The first-order valence-electron chi connectivity index (χ1n) is 5.51. The zero-order valence-corrected chi connectivity index (χ0v) is 10.2. The summed E-state index contributed by atoms with van der Waals surface area (Å²) >= 11 is 0. The molecule has 6 heteroatoms. The van der Waals surface area contributed by atoms with Crippen molar-refractivity contribution in [1.29, 1.82) is 0 Å². The number of hydrogen-bond acceptors (Lipinski definition) is 4. The van der Waals surface area contributed by atoms with E-state index in [9.17, 15) is 9.50 Å². The van der Waals surface area contributed by atoms with Crippen molar-refractivity contribution < 1.29 is 14.2 Å². The van der Waals surface area contributed by atoms with E-state index in [4.69, 9.17) is 4.74 Å². The van der Waals surface area contributed by atoms with Gasteiger partial charge in [0.15, 0.2) is 17.4 Å². The molecular weight excluding hydrogens is 237 g/mol. The molecule has 0 amide bonds. The summed E-state index contributed by atoms with van der Waals surface area (Å²) in [7, 11) is 1.73. The standard InChI is InChI=1S/C12H14FN3O2/c1-8(17)9-3-4-11(10(13)5-9)18-6-12-14-7-15-16(12)2/h3-5,7-8,17H,6H2,1-2H3/t8-/m0/s1. The van der Waals surface area contributed by atoms with Gasteiger partial charge in [-0.3, -0.25) is 4.68 Å². The molecule has 1 aromatic heterocycles. The van der Waals surface area contributed by atoms with Crippen molar-refractivity contribution in [3.8, 4) is 5.75 Å². The molecule has 1 atom stereocenters. The van der Waals surface area contributed by atoms with Crippen LogP contribution in [0.25, 0.3) is 0 Å². The Kier molecular flexibility index (Phi) is 3.57. The Bertz CT molecular complexity index is 540. The number of aliphatic hydroxyl groups is 1. The quantitative estimate of drug-likeness (QED) is 0.896. The highest BCUT2D eigenvalue weighted by Gasteiger charge is 2.09. The number of benzene rings is 1. The van der Waals surface area contributed by atoms with E-state index in [2.05, 4.69) is 10.1 Å². The van der Waals surface area contributed by atoms with Crippen LogP contribution < -0.4 is 4.74 Å². The molecule has 2 aromatic rings. The molecule has 1 heterocycles. The maximum absolute atomic E-state index is 13.7. The van der Waals surface area contributed by atoms with E-state index in [0.29, 0.717) is 11.4 Å². The number of hydrogen-bond donors (Lipinski definition) is 1. The molecule has 0 aliphatic carbocycles. The van der Waals surface area contributed by atoms with E-state index in [1.165, 1.54) is 18.5 Å². The van der Waals surface area contributed by atoms with Crippen molar-refractivity contribution >= 4 is 0 Å². The van der Waals surface area contributed by atoms with Crippen molar-refractivity contribution in [2.45, 2.75) is 19.6 Å². The maximum atomic E-state index is 13.7. The van der Waals surface area contributed by atoms with Gasteiger partial charge in [-0.15, -0.1) is 0 Å². The molecule has 0 unspecified atom stereocenters. The van der Waals surface area contributed by atoms with Gasteiger partial charge in [0.05, 0.1) is 6.10 Å². The lowest BCUT2D eigenvalue weighted by Gasteiger charge is -2.09. The van der Waals surface area contributed by atoms with Crippen LogP contribution in [0.3, 0.4) is 0 Å². The average molecular weight is 251 g/mol. The summed E-state index contributed by atoms with van der Waals surface area (Å²) in [4.78, 5) is 3.97. The predicted molar refractivity (Wildman–Crippen MR) is 62.4 cm³/mol. The molecule has 0 aliphatic heterocycles. The van der Waals surface area contributed by atoms with Gasteiger partial charge in [0.25, 0.3) is 0 Å². The predicted octanol–water partition coefficient (Wildman–Crippen LogP) is 1.59. The molecule has 0 bridgehead atoms. The second kappa shape index (κ2) is 5.14. The van der Waals surface area contributed by atoms with E-state index < -0.39 is 11.9 Å². The number of rotatable bonds is 4. The van der Waals surface area contributed by atoms with E-state index in [-0.39, 0.29) is 12.4 Å². The van der Waals surface area contributed by atoms with Crippen LogP contribution in [-0.2, 0) is 13.7 Å². The zero-order valence-electron chi connectivity index (χ0n) is 10.2. The molecule has 0 fully saturated rings. The van der Waals surface area contributed by atoms with Crippen molar-refractivity contribution in [2.24, 2.45) is 7.05 Å². The fourth-order valence-electron chi connectivity index (χ4n) is 1.49. The van der Waals surface area contributed by atoms with Gasteiger partial charge in [-0.2, -0.15) is 5.10 Å². The van der Waals surface area contributed by atoms with Crippen LogP contribution in [0.5, 0.6) is 5.75 Å². The molecule has 1 aromatic carbocycles. The summed E-state index contributed by atoms with van der Waals surface area (Å²) in [6.07, 6.45) is 0.707. The Balaban J connectivity index is 2.08. The number of aryl methyl sites for hydroxylation is 1. The molecule has 0 radical (unpaired) electrons. The molecule has 1 N–H and O–H groups in total. The molecule has 18 heavy (non-hydrogen) atoms. The van der Waals surface area contributed by atoms with E-state index in [1.807, 2.05) is 0 Å². The summed E-state index contributed by atoms with van der Waals surface area (Å²) in [5.74, 6) is 0.229. The first kappa shape index (κ1) is 12.5. The lowest BCUT2D eigenvalue weighted by atomic mass is 10.1. The second-order valence-electron chi connectivity index (χ2n) is 3.95. The van der Waals surface area contributed by atoms with E-state index in [1.54, 1.807) is 24.7 Å². The molecular formula is C12H14FN3O2. The Labute approximate surface area is 104 Å². The Morgan fingerprint density at radius 2 is 2.28 bits per heavy atom. The number of halogens is 1. The minimum absolute atomic E-state index is 0.127. The van der Waals surface area contributed by atoms with Crippen LogP contribution in [0.4, 0.5) is 4.39 Å². The van der Waals surface area contributed by atoms with Gasteiger partial charge in [0.2, 0.25) is 0 Å². The number of ether oxygens (including phenoxy) is 1. The van der Waals surface area contributed by atoms with E-state index >= 15 is 0 Å². The monoisotopic (exact) mass is 251 g/mol. The molecule has 96 valence electrons. The van der Waals surface area contributed by atoms with Gasteiger partial charge in [-0.1, -0.05) is 6.07 Å². The number of nitrogens with zero attached hydrogens (tertiary/aromatic N) is 3. The largest absolute Gasteiger partial charge is 0.483 e. The maximum Gasteiger partial charge on any atom is 0.165 e. The van der Waals surface area contributed by atoms with Crippen LogP contribution >= 0.6 is 0 Å². The van der Waals surface area contributed by atoms with Crippen molar-refractivity contribution in [2.75, 3.05) is 0 Å². The lowest BCUT2D eigenvalue weighted by Crippen LogP contribution is -2.05. The summed E-state index contributed by atoms with van der Waals surface area (Å²) in [6, 6.07) is 4.38. The zero-order chi connectivity index (χ0) is 13.1. The third kappa shape index (κ3) is 2.65. The minimum Gasteiger partial charge on any atom is -0.483 e. The van der Waals surface area contributed by atoms with E-state index in [0.717, 1.165) is 0 Å². The van der Waals surface area contributed by atoms with Crippen molar-refractivity contribution in [3.05, 3.63) is 41.7 Å². The summed E-state index contributed by atoms with van der Waals surface area (Å²) in [6.45, 7) is 1.72. The second-order valence-corrected chi connectivity index (χ2v) is 3.95. The smallest absolute Gasteiger partial charge is 0.165 e. The van der Waals surface area contributed by atoms with Crippen LogP contribution in [0.15, 0.2) is 24.5 Å². The number of aliphatic hydroxyl groups excluding tert-OH is 1. The van der Waals surface area contributed by atoms with Gasteiger partial charge in [-0.25, -0.2) is 9.37 Å². The van der Waals surface area contributed by atoms with Crippen LogP contribution in [0.2, 0.25) is 0 Å². The highest BCUT2D eigenvalue weighted by molar-refractivity contribution is 5.30. The highest BCUT2D eigenvalue weighted by Crippen LogP contribution is 2.22. The van der Waals surface area contributed by atoms with Crippen LogP contribution in [0, 0.1) is 5.82 Å². The SMILES string of the molecule is C[C@H](O)c1ccc(OCc2ncnn2C)c(F)c1. The van der Waals surface area contributed by atoms with Crippen molar-refractivity contribution in [1.82, 2.24) is 14.8 Å². The molecule has 5 nitrogen and oxygen atoms in total. The molecule has 0 saturated heterocycles. The summed E-state index contributed by atoms with van der Waals surface area (Å²) in [5, 5.41) is 13.2. The third-order valence-corrected chi connectivity index (χ3v) is 2.60. The fraction of sp³-hybridized carbons (Fsp3) is 0.333. The normalized spacial score (nSPS) is 12.4. The fourth-order valence-corrected chi connectivity index (χ4v) is 1.49. The first-order valence-corrected chi connectivity index (χ1v) is 5.51. The molecule has 0 spiro atoms. The molecule has 2 rings (SSSR count). The Hall–Kier alpha value is -1.95. The van der Waals surface area contributed by atoms with Crippen molar-refractivity contribution in [3.63, 3.8) is 0 Å². The average Bonchev–Trinajstić information content (AvgIpc) is 2.73. The molecule has 0 aliphatic rings. The van der Waals surface area contributed by atoms with Gasteiger partial charge >= 0.3 is 0 Å². The topological polar surface area (TPSA) is 60.2 Å². The molecule has 0 saturated carbocycles. The highest BCUT2D eigenvalue weighted by atomic mass is 19.1. The van der Waals surface area contributed by atoms with Gasteiger partial charge in [0, 0.05) is 7.05 Å². The lowest BCUT2D eigenvalue weighted by molar-refractivity contribution is 0.198. The van der Waals surface area contributed by atoms with Gasteiger partial charge in [-0.05, 0) is 24.6 Å². The minimum atomic E-state index is -0.702. The van der Waals surface area contributed by atoms with Gasteiger partial charge < -0.3 is 9.84 Å². The summed E-state index contributed by atoms with van der Waals surface area (Å²) in [5.41, 5.74) is 0.513. The number of aromatic nitrogens is 3. The van der Waals surface area contributed by atoms with Crippen LogP contribution in [-0.4, -0.2) is 19.9 Å². The Morgan fingerprint density at radius 1 is 1.50 bits per heavy atom. The Morgan fingerprint density at radius 3 is 2.83 bits per heavy atom. The third-order valence-electron chi connectivity index (χ3n) is 2.60. The first-order chi connectivity index (χ1) is 8.58. The van der Waals surface area contributed by atoms with Crippen LogP contribution in [0.1, 0.15) is 24.4 Å². The van der Waals surface area contributed by atoms with Gasteiger partial charge in [0.1, 0.15) is 12.9 Å². The summed E-state index contributed by atoms with van der Waals surface area (Å²) < 4.78 is 20.5.